The number of nitrogens with zero attached hydrogens (tertiary/aromatic N) is 1. The van der Waals surface area contributed by atoms with E-state index in [2.05, 4.69) is 0 Å². The lowest BCUT2D eigenvalue weighted by molar-refractivity contribution is -0.557. The molecule has 0 spiro atoms. The monoisotopic (exact) mass is 231 g/mol. The van der Waals surface area contributed by atoms with Gasteiger partial charge in [-0.1, -0.05) is 36.4 Å². The highest BCUT2D eigenvalue weighted by Gasteiger charge is 2.45. The van der Waals surface area contributed by atoms with E-state index in [-0.39, 0.29) is 0 Å². The van der Waals surface area contributed by atoms with Crippen molar-refractivity contribution in [3.63, 3.8) is 0 Å². The smallest absolute Gasteiger partial charge is 0.302 e. The highest BCUT2D eigenvalue weighted by Crippen LogP contribution is 2.35. The topological polar surface area (TPSA) is 95.2 Å². The van der Waals surface area contributed by atoms with E-state index in [1.54, 1.807) is 42.5 Å². The first-order valence-electron chi connectivity index (χ1n) is 5.19. The molecule has 88 valence electrons. The van der Waals surface area contributed by atoms with Crippen LogP contribution in [-0.2, 0) is 0 Å². The SMILES string of the molecule is Nc1ccccc1C1C=CC=CC1(N)[N+](=O)[O-]. The van der Waals surface area contributed by atoms with Crippen LogP contribution in [0.15, 0.2) is 48.6 Å². The Morgan fingerprint density at radius 1 is 1.29 bits per heavy atom. The molecule has 0 radical (unpaired) electrons. The first-order valence-corrected chi connectivity index (χ1v) is 5.19. The molecule has 1 aliphatic carbocycles. The highest BCUT2D eigenvalue weighted by atomic mass is 16.6. The number of para-hydroxylation sites is 1. The molecule has 5 nitrogen and oxygen atoms in total. The Balaban J connectivity index is 2.51. The number of anilines is 1. The molecule has 0 saturated heterocycles. The Morgan fingerprint density at radius 2 is 2.00 bits per heavy atom. The molecular weight excluding hydrogens is 218 g/mol. The summed E-state index contributed by atoms with van der Waals surface area (Å²) in [6, 6.07) is 7.04. The molecule has 0 heterocycles. The Bertz CT molecular complexity index is 510. The average Bonchev–Trinajstić information content (AvgIpc) is 2.31. The number of nitrogens with two attached hydrogens (primary N) is 2. The van der Waals surface area contributed by atoms with Crippen molar-refractivity contribution < 1.29 is 4.92 Å². The van der Waals surface area contributed by atoms with E-state index < -0.39 is 16.5 Å². The van der Waals surface area contributed by atoms with Crippen LogP contribution in [0.5, 0.6) is 0 Å². The number of rotatable bonds is 2. The van der Waals surface area contributed by atoms with Crippen LogP contribution in [0.25, 0.3) is 0 Å². The number of allylic oxidation sites excluding steroid dienone is 2. The van der Waals surface area contributed by atoms with Gasteiger partial charge in [0.1, 0.15) is 0 Å². The predicted molar refractivity (Wildman–Crippen MR) is 65.8 cm³/mol. The summed E-state index contributed by atoms with van der Waals surface area (Å²) in [7, 11) is 0. The Hall–Kier alpha value is -2.14. The summed E-state index contributed by atoms with van der Waals surface area (Å²) in [5.74, 6) is -0.552. The zero-order valence-corrected chi connectivity index (χ0v) is 9.11. The second kappa shape index (κ2) is 4.03. The normalized spacial score (nSPS) is 27.0. The summed E-state index contributed by atoms with van der Waals surface area (Å²) >= 11 is 0. The molecule has 4 N–H and O–H groups in total. The van der Waals surface area contributed by atoms with Gasteiger partial charge in [0.2, 0.25) is 0 Å². The Labute approximate surface area is 98.6 Å². The number of nitro groups is 1. The third kappa shape index (κ3) is 1.81. The zero-order chi connectivity index (χ0) is 12.5. The quantitative estimate of drug-likeness (QED) is 0.348. The summed E-state index contributed by atoms with van der Waals surface area (Å²) < 4.78 is 0. The van der Waals surface area contributed by atoms with Gasteiger partial charge in [-0.25, -0.2) is 0 Å². The van der Waals surface area contributed by atoms with Crippen molar-refractivity contribution in [1.29, 1.82) is 0 Å². The van der Waals surface area contributed by atoms with Crippen LogP contribution >= 0.6 is 0 Å². The fraction of sp³-hybridized carbons (Fsp3) is 0.167. The van der Waals surface area contributed by atoms with Crippen LogP contribution in [0.3, 0.4) is 0 Å². The molecule has 2 rings (SSSR count). The molecule has 0 amide bonds. The minimum Gasteiger partial charge on any atom is -0.398 e. The number of hydrogen-bond acceptors (Lipinski definition) is 4. The van der Waals surface area contributed by atoms with E-state index in [0.29, 0.717) is 11.3 Å². The number of hydrogen-bond donors (Lipinski definition) is 2. The van der Waals surface area contributed by atoms with Crippen LogP contribution in [-0.4, -0.2) is 10.6 Å². The minimum absolute atomic E-state index is 0.482. The molecule has 2 unspecified atom stereocenters. The standard InChI is InChI=1S/C12H13N3O2/c13-11-7-2-1-5-9(11)10-6-3-4-8-12(10,14)15(16)17/h1-8,10H,13-14H2. The van der Waals surface area contributed by atoms with Gasteiger partial charge in [0.05, 0.1) is 5.92 Å². The van der Waals surface area contributed by atoms with Gasteiger partial charge in [-0.3, -0.25) is 15.8 Å². The van der Waals surface area contributed by atoms with Gasteiger partial charge in [-0.15, -0.1) is 0 Å². The summed E-state index contributed by atoms with van der Waals surface area (Å²) in [4.78, 5) is 10.6. The minimum atomic E-state index is -1.63. The van der Waals surface area contributed by atoms with Crippen LogP contribution in [0.1, 0.15) is 11.5 Å². The summed E-state index contributed by atoms with van der Waals surface area (Å²) in [5.41, 5.74) is 11.2. The molecule has 1 aromatic rings. The van der Waals surface area contributed by atoms with Crippen molar-refractivity contribution in [3.05, 3.63) is 64.2 Å². The van der Waals surface area contributed by atoms with E-state index in [0.717, 1.165) is 0 Å². The van der Waals surface area contributed by atoms with Crippen LogP contribution in [0.2, 0.25) is 0 Å². The van der Waals surface area contributed by atoms with Gasteiger partial charge in [0.15, 0.2) is 0 Å². The lowest BCUT2D eigenvalue weighted by Crippen LogP contribution is -2.51. The van der Waals surface area contributed by atoms with E-state index in [1.807, 2.05) is 0 Å². The molecule has 1 aliphatic rings. The second-order valence-electron chi connectivity index (χ2n) is 4.00. The van der Waals surface area contributed by atoms with Gasteiger partial charge < -0.3 is 5.73 Å². The second-order valence-corrected chi connectivity index (χ2v) is 4.00. The molecule has 0 fully saturated rings. The molecule has 2 atom stereocenters. The van der Waals surface area contributed by atoms with Gasteiger partial charge in [0.25, 0.3) is 0 Å². The maximum absolute atomic E-state index is 11.1. The van der Waals surface area contributed by atoms with Crippen molar-refractivity contribution in [2.45, 2.75) is 11.6 Å². The molecular formula is C12H13N3O2. The van der Waals surface area contributed by atoms with Crippen molar-refractivity contribution in [1.82, 2.24) is 0 Å². The highest BCUT2D eigenvalue weighted by molar-refractivity contribution is 5.52. The first kappa shape index (κ1) is 11.3. The van der Waals surface area contributed by atoms with Gasteiger partial charge in [0, 0.05) is 16.7 Å². The fourth-order valence-electron chi connectivity index (χ4n) is 1.96. The third-order valence-electron chi connectivity index (χ3n) is 2.92. The van der Waals surface area contributed by atoms with E-state index >= 15 is 0 Å². The van der Waals surface area contributed by atoms with Crippen molar-refractivity contribution >= 4 is 5.69 Å². The third-order valence-corrected chi connectivity index (χ3v) is 2.92. The lowest BCUT2D eigenvalue weighted by Gasteiger charge is -2.27. The van der Waals surface area contributed by atoms with E-state index in [1.165, 1.54) is 6.08 Å². The fourth-order valence-corrected chi connectivity index (χ4v) is 1.96. The Kier molecular flexibility index (Phi) is 2.69. The maximum atomic E-state index is 11.1. The Morgan fingerprint density at radius 3 is 2.65 bits per heavy atom. The molecule has 0 aliphatic heterocycles. The van der Waals surface area contributed by atoms with Crippen molar-refractivity contribution in [3.8, 4) is 0 Å². The van der Waals surface area contributed by atoms with Gasteiger partial charge in [-0.2, -0.15) is 0 Å². The van der Waals surface area contributed by atoms with Gasteiger partial charge >= 0.3 is 5.66 Å². The van der Waals surface area contributed by atoms with Crippen LogP contribution < -0.4 is 11.5 Å². The maximum Gasteiger partial charge on any atom is 0.302 e. The van der Waals surface area contributed by atoms with Crippen LogP contribution in [0.4, 0.5) is 5.69 Å². The van der Waals surface area contributed by atoms with E-state index in [9.17, 15) is 10.1 Å². The van der Waals surface area contributed by atoms with Crippen LogP contribution in [0, 0.1) is 10.1 Å². The summed E-state index contributed by atoms with van der Waals surface area (Å²) in [6.07, 6.45) is 6.42. The lowest BCUT2D eigenvalue weighted by atomic mass is 9.83. The zero-order valence-electron chi connectivity index (χ0n) is 9.11. The first-order chi connectivity index (χ1) is 8.05. The summed E-state index contributed by atoms with van der Waals surface area (Å²) in [6.45, 7) is 0. The van der Waals surface area contributed by atoms with Gasteiger partial charge in [-0.05, 0) is 11.6 Å². The molecule has 0 saturated carbocycles. The van der Waals surface area contributed by atoms with Crippen molar-refractivity contribution in [2.75, 3.05) is 5.73 Å². The molecule has 5 heteroatoms. The molecule has 1 aromatic carbocycles. The number of benzene rings is 1. The molecule has 0 bridgehead atoms. The molecule has 0 aromatic heterocycles. The predicted octanol–water partition coefficient (Wildman–Crippen LogP) is 1.41. The average molecular weight is 231 g/mol. The summed E-state index contributed by atoms with van der Waals surface area (Å²) in [5, 5.41) is 11.1. The van der Waals surface area contributed by atoms with Crippen molar-refractivity contribution in [2.24, 2.45) is 5.73 Å². The largest absolute Gasteiger partial charge is 0.398 e. The van der Waals surface area contributed by atoms with E-state index in [4.69, 9.17) is 11.5 Å². The molecule has 17 heavy (non-hydrogen) atoms. The number of nitrogen functional groups attached to an aromatic ring is 1.